The molecule has 0 bridgehead atoms. The lowest BCUT2D eigenvalue weighted by atomic mass is 10.1. The fourth-order valence-electron chi connectivity index (χ4n) is 1.64. The van der Waals surface area contributed by atoms with E-state index >= 15 is 0 Å². The Balaban J connectivity index is 2.39. The van der Waals surface area contributed by atoms with Crippen molar-refractivity contribution in [2.45, 2.75) is 6.92 Å². The van der Waals surface area contributed by atoms with Crippen molar-refractivity contribution in [3.63, 3.8) is 0 Å². The number of nitrogens with zero attached hydrogens (tertiary/aromatic N) is 1. The zero-order valence-electron chi connectivity index (χ0n) is 10.8. The highest BCUT2D eigenvalue weighted by atomic mass is 19.1. The van der Waals surface area contributed by atoms with Gasteiger partial charge in [0, 0.05) is 5.56 Å². The molecule has 7 heteroatoms. The third-order valence-electron chi connectivity index (χ3n) is 2.68. The van der Waals surface area contributed by atoms with Gasteiger partial charge < -0.3 is 4.74 Å². The van der Waals surface area contributed by atoms with Crippen LogP contribution in [0.25, 0.3) is 0 Å². The maximum atomic E-state index is 13.8. The van der Waals surface area contributed by atoms with Crippen LogP contribution in [0.5, 0.6) is 11.5 Å². The van der Waals surface area contributed by atoms with Gasteiger partial charge >= 0.3 is 5.69 Å². The van der Waals surface area contributed by atoms with Crippen LogP contribution in [0, 0.1) is 21.7 Å². The van der Waals surface area contributed by atoms with Crippen LogP contribution < -0.4 is 4.74 Å². The Hall–Kier alpha value is -2.83. The Bertz CT molecular complexity index is 731. The van der Waals surface area contributed by atoms with Gasteiger partial charge in [-0.3, -0.25) is 14.9 Å². The van der Waals surface area contributed by atoms with Gasteiger partial charge in [-0.05, 0) is 37.3 Å². The molecule has 0 spiro atoms. The fourth-order valence-corrected chi connectivity index (χ4v) is 1.64. The minimum Gasteiger partial charge on any atom is -0.447 e. The summed E-state index contributed by atoms with van der Waals surface area (Å²) in [5.41, 5.74) is -0.474. The first kappa shape index (κ1) is 14.6. The summed E-state index contributed by atoms with van der Waals surface area (Å²) in [5.74, 6) is -2.57. The molecule has 0 aliphatic carbocycles. The van der Waals surface area contributed by atoms with Gasteiger partial charge in [-0.1, -0.05) is 0 Å². The maximum Gasteiger partial charge on any atom is 0.314 e. The summed E-state index contributed by atoms with van der Waals surface area (Å²) >= 11 is 0. The Labute approximate surface area is 117 Å². The van der Waals surface area contributed by atoms with Crippen LogP contribution in [0.1, 0.15) is 17.3 Å². The number of nitro benzene ring substituents is 1. The molecule has 2 rings (SSSR count). The SMILES string of the molecule is CC(=O)c1ccc(Oc2ccc(F)cc2[N+](=O)[O-])c(F)c1. The lowest BCUT2D eigenvalue weighted by Gasteiger charge is -2.08. The van der Waals surface area contributed by atoms with Crippen LogP contribution in [0.15, 0.2) is 36.4 Å². The van der Waals surface area contributed by atoms with E-state index in [9.17, 15) is 23.7 Å². The molecule has 0 atom stereocenters. The first-order valence-electron chi connectivity index (χ1n) is 5.81. The van der Waals surface area contributed by atoms with Crippen LogP contribution in [-0.4, -0.2) is 10.7 Å². The molecule has 2 aromatic carbocycles. The van der Waals surface area contributed by atoms with E-state index in [0.29, 0.717) is 6.07 Å². The number of halogens is 2. The molecule has 0 aromatic heterocycles. The van der Waals surface area contributed by atoms with Gasteiger partial charge in [-0.2, -0.15) is 0 Å². The number of Topliss-reactive ketones (excluding diaryl/α,β-unsaturated/α-hetero) is 1. The minimum atomic E-state index is -0.846. The Morgan fingerprint density at radius 2 is 1.81 bits per heavy atom. The van der Waals surface area contributed by atoms with Gasteiger partial charge in [-0.15, -0.1) is 0 Å². The number of benzene rings is 2. The second-order valence-corrected chi connectivity index (χ2v) is 4.17. The summed E-state index contributed by atoms with van der Waals surface area (Å²) in [4.78, 5) is 21.1. The summed E-state index contributed by atoms with van der Waals surface area (Å²) in [7, 11) is 0. The third-order valence-corrected chi connectivity index (χ3v) is 2.68. The van der Waals surface area contributed by atoms with Gasteiger partial charge in [0.1, 0.15) is 5.82 Å². The lowest BCUT2D eigenvalue weighted by Crippen LogP contribution is -1.98. The van der Waals surface area contributed by atoms with Crippen molar-refractivity contribution < 1.29 is 23.2 Å². The van der Waals surface area contributed by atoms with E-state index in [1.54, 1.807) is 0 Å². The number of nitro groups is 1. The molecule has 0 radical (unpaired) electrons. The normalized spacial score (nSPS) is 10.2. The average molecular weight is 293 g/mol. The molecule has 108 valence electrons. The third kappa shape index (κ3) is 3.19. The van der Waals surface area contributed by atoms with Crippen molar-refractivity contribution in [2.75, 3.05) is 0 Å². The smallest absolute Gasteiger partial charge is 0.314 e. The van der Waals surface area contributed by atoms with Crippen molar-refractivity contribution in [1.82, 2.24) is 0 Å². The molecule has 0 saturated carbocycles. The van der Waals surface area contributed by atoms with E-state index in [0.717, 1.165) is 18.2 Å². The molecule has 0 heterocycles. The number of hydrogen-bond donors (Lipinski definition) is 0. The molecular weight excluding hydrogens is 284 g/mol. The van der Waals surface area contributed by atoms with Crippen LogP contribution >= 0.6 is 0 Å². The topological polar surface area (TPSA) is 69.4 Å². The van der Waals surface area contributed by atoms with Crippen LogP contribution in [-0.2, 0) is 0 Å². The van der Waals surface area contributed by atoms with Crippen LogP contribution in [0.2, 0.25) is 0 Å². The van der Waals surface area contributed by atoms with E-state index in [2.05, 4.69) is 0 Å². The highest BCUT2D eigenvalue weighted by Crippen LogP contribution is 2.33. The molecule has 0 aliphatic heterocycles. The van der Waals surface area contributed by atoms with Gasteiger partial charge in [0.05, 0.1) is 11.0 Å². The van der Waals surface area contributed by atoms with E-state index in [1.807, 2.05) is 0 Å². The summed E-state index contributed by atoms with van der Waals surface area (Å²) in [6, 6.07) is 6.15. The van der Waals surface area contributed by atoms with Gasteiger partial charge in [0.25, 0.3) is 0 Å². The van der Waals surface area contributed by atoms with Crippen molar-refractivity contribution in [1.29, 1.82) is 0 Å². The molecule has 21 heavy (non-hydrogen) atoms. The summed E-state index contributed by atoms with van der Waals surface area (Å²) < 4.78 is 31.9. The standard InChI is InChI=1S/C14H9F2NO4/c1-8(18)9-2-4-13(11(16)6-9)21-14-5-3-10(15)7-12(14)17(19)20/h2-7H,1H3. The fraction of sp³-hybridized carbons (Fsp3) is 0.0714. The predicted octanol–water partition coefficient (Wildman–Crippen LogP) is 3.87. The quantitative estimate of drug-likeness (QED) is 0.487. The molecule has 5 nitrogen and oxygen atoms in total. The molecule has 0 fully saturated rings. The maximum absolute atomic E-state index is 13.8. The van der Waals surface area contributed by atoms with Crippen molar-refractivity contribution >= 4 is 11.5 Å². The molecule has 2 aromatic rings. The zero-order chi connectivity index (χ0) is 15.6. The number of carbonyl (C=O) groups excluding carboxylic acids is 1. The Kier molecular flexibility index (Phi) is 3.93. The molecule has 0 saturated heterocycles. The Morgan fingerprint density at radius 1 is 1.14 bits per heavy atom. The Morgan fingerprint density at radius 3 is 2.38 bits per heavy atom. The number of hydrogen-bond acceptors (Lipinski definition) is 4. The lowest BCUT2D eigenvalue weighted by molar-refractivity contribution is -0.385. The van der Waals surface area contributed by atoms with Gasteiger partial charge in [-0.25, -0.2) is 8.78 Å². The number of ketones is 1. The molecule has 0 aliphatic rings. The molecule has 0 N–H and O–H groups in total. The van der Waals surface area contributed by atoms with Crippen molar-refractivity contribution in [3.8, 4) is 11.5 Å². The monoisotopic (exact) mass is 293 g/mol. The predicted molar refractivity (Wildman–Crippen MR) is 69.5 cm³/mol. The van der Waals surface area contributed by atoms with Gasteiger partial charge in [0.2, 0.25) is 5.75 Å². The van der Waals surface area contributed by atoms with E-state index in [4.69, 9.17) is 4.74 Å². The van der Waals surface area contributed by atoms with E-state index in [-0.39, 0.29) is 22.8 Å². The minimum absolute atomic E-state index is 0.147. The number of ether oxygens (including phenoxy) is 1. The number of carbonyl (C=O) groups is 1. The van der Waals surface area contributed by atoms with E-state index in [1.165, 1.54) is 19.1 Å². The second-order valence-electron chi connectivity index (χ2n) is 4.17. The first-order chi connectivity index (χ1) is 9.88. The average Bonchev–Trinajstić information content (AvgIpc) is 2.42. The molecule has 0 unspecified atom stereocenters. The van der Waals surface area contributed by atoms with Crippen LogP contribution in [0.3, 0.4) is 0 Å². The van der Waals surface area contributed by atoms with Crippen LogP contribution in [0.4, 0.5) is 14.5 Å². The first-order valence-corrected chi connectivity index (χ1v) is 5.81. The van der Waals surface area contributed by atoms with E-state index < -0.39 is 22.2 Å². The second kappa shape index (κ2) is 5.66. The highest BCUT2D eigenvalue weighted by molar-refractivity contribution is 5.94. The molecule has 0 amide bonds. The summed E-state index contributed by atoms with van der Waals surface area (Å²) in [6.07, 6.45) is 0. The number of rotatable bonds is 4. The summed E-state index contributed by atoms with van der Waals surface area (Å²) in [6.45, 7) is 1.28. The zero-order valence-corrected chi connectivity index (χ0v) is 10.8. The van der Waals surface area contributed by atoms with Crippen molar-refractivity contribution in [2.24, 2.45) is 0 Å². The van der Waals surface area contributed by atoms with Gasteiger partial charge in [0.15, 0.2) is 17.3 Å². The molecular formula is C14H9F2NO4. The van der Waals surface area contributed by atoms with Crippen molar-refractivity contribution in [3.05, 3.63) is 63.7 Å². The largest absolute Gasteiger partial charge is 0.447 e. The highest BCUT2D eigenvalue weighted by Gasteiger charge is 2.18. The summed E-state index contributed by atoms with van der Waals surface area (Å²) in [5, 5.41) is 10.8.